The van der Waals surface area contributed by atoms with Gasteiger partial charge in [-0.3, -0.25) is 4.79 Å². The van der Waals surface area contributed by atoms with Crippen LogP contribution in [0.2, 0.25) is 0 Å². The van der Waals surface area contributed by atoms with Gasteiger partial charge in [-0.05, 0) is 13.8 Å². The summed E-state index contributed by atoms with van der Waals surface area (Å²) in [5, 5.41) is 2.98. The van der Waals surface area contributed by atoms with Gasteiger partial charge in [0.2, 0.25) is 5.91 Å². The van der Waals surface area contributed by atoms with Crippen molar-refractivity contribution in [3.05, 3.63) is 12.4 Å². The summed E-state index contributed by atoms with van der Waals surface area (Å²) in [6.07, 6.45) is 1.51. The molecule has 1 saturated heterocycles. The van der Waals surface area contributed by atoms with Crippen LogP contribution in [-0.4, -0.2) is 53.5 Å². The van der Waals surface area contributed by atoms with Crippen molar-refractivity contribution in [1.29, 1.82) is 0 Å². The number of hydrogen-bond donors (Lipinski definition) is 1. The van der Waals surface area contributed by atoms with Crippen molar-refractivity contribution in [3.8, 4) is 0 Å². The summed E-state index contributed by atoms with van der Waals surface area (Å²) in [5.41, 5.74) is -0.577. The number of anilines is 2. The van der Waals surface area contributed by atoms with Crippen LogP contribution in [0.25, 0.3) is 0 Å². The molecule has 0 spiro atoms. The lowest BCUT2D eigenvalue weighted by Gasteiger charge is -2.45. The zero-order valence-corrected chi connectivity index (χ0v) is 11.3. The summed E-state index contributed by atoms with van der Waals surface area (Å²) in [7, 11) is 3.65. The number of nitrogens with zero attached hydrogens (tertiary/aromatic N) is 4. The molecule has 6 nitrogen and oxygen atoms in total. The van der Waals surface area contributed by atoms with Crippen LogP contribution in [0.1, 0.15) is 13.8 Å². The van der Waals surface area contributed by atoms with Gasteiger partial charge in [0.1, 0.15) is 23.5 Å². The molecular weight excluding hydrogens is 230 g/mol. The molecule has 1 amide bonds. The number of amides is 1. The third-order valence-electron chi connectivity index (χ3n) is 3.39. The third kappa shape index (κ3) is 1.98. The summed E-state index contributed by atoms with van der Waals surface area (Å²) in [4.78, 5) is 24.4. The number of nitrogens with one attached hydrogen (secondary N) is 1. The number of hydrogen-bond acceptors (Lipinski definition) is 5. The summed E-state index contributed by atoms with van der Waals surface area (Å²) in [6.45, 7) is 5.33. The van der Waals surface area contributed by atoms with E-state index in [0.717, 1.165) is 18.2 Å². The molecular formula is C12H19N5O. The lowest BCUT2D eigenvalue weighted by molar-refractivity contribution is -0.136. The van der Waals surface area contributed by atoms with E-state index < -0.39 is 5.54 Å². The van der Waals surface area contributed by atoms with Gasteiger partial charge < -0.3 is 15.1 Å². The molecule has 0 aromatic carbocycles. The van der Waals surface area contributed by atoms with Gasteiger partial charge >= 0.3 is 0 Å². The van der Waals surface area contributed by atoms with E-state index in [1.54, 1.807) is 4.90 Å². The number of piperazine rings is 1. The maximum Gasteiger partial charge on any atom is 0.247 e. The molecule has 0 bridgehead atoms. The molecule has 1 aliphatic heterocycles. The van der Waals surface area contributed by atoms with E-state index in [-0.39, 0.29) is 5.91 Å². The number of likely N-dealkylation sites (N-methyl/N-ethyl adjacent to an activating group) is 1. The van der Waals surface area contributed by atoms with Crippen LogP contribution < -0.4 is 10.2 Å². The number of aromatic nitrogens is 2. The molecule has 0 aliphatic carbocycles. The van der Waals surface area contributed by atoms with E-state index in [0.29, 0.717) is 6.54 Å². The van der Waals surface area contributed by atoms with Crippen LogP contribution in [-0.2, 0) is 4.79 Å². The monoisotopic (exact) mass is 249 g/mol. The van der Waals surface area contributed by atoms with Crippen LogP contribution in [0.15, 0.2) is 12.4 Å². The Labute approximate surface area is 107 Å². The van der Waals surface area contributed by atoms with Gasteiger partial charge in [-0.15, -0.1) is 0 Å². The summed E-state index contributed by atoms with van der Waals surface area (Å²) < 4.78 is 0. The fourth-order valence-corrected chi connectivity index (χ4v) is 2.25. The van der Waals surface area contributed by atoms with Gasteiger partial charge in [-0.2, -0.15) is 0 Å². The maximum atomic E-state index is 12.2. The Morgan fingerprint density at radius 3 is 2.72 bits per heavy atom. The van der Waals surface area contributed by atoms with Crippen molar-refractivity contribution in [3.63, 3.8) is 0 Å². The second-order valence-electron chi connectivity index (χ2n) is 4.95. The fraction of sp³-hybridized carbons (Fsp3) is 0.583. The Morgan fingerprint density at radius 2 is 2.06 bits per heavy atom. The van der Waals surface area contributed by atoms with E-state index in [4.69, 9.17) is 0 Å². The Balaban J connectivity index is 2.34. The molecule has 1 fully saturated rings. The standard InChI is InChI=1S/C12H19N5O/c1-12(2)11(18)16(4)5-6-17(12)10-7-9(13-3)14-8-15-10/h7-8H,5-6H2,1-4H3,(H,13,14,15). The molecule has 1 aromatic rings. The van der Waals surface area contributed by atoms with Crippen molar-refractivity contribution in [1.82, 2.24) is 14.9 Å². The van der Waals surface area contributed by atoms with Crippen molar-refractivity contribution in [2.24, 2.45) is 0 Å². The molecule has 1 aliphatic rings. The first-order chi connectivity index (χ1) is 8.46. The van der Waals surface area contributed by atoms with Gasteiger partial charge in [-0.1, -0.05) is 0 Å². The van der Waals surface area contributed by atoms with Gasteiger partial charge in [0, 0.05) is 33.3 Å². The quantitative estimate of drug-likeness (QED) is 0.830. The van der Waals surface area contributed by atoms with E-state index in [9.17, 15) is 4.79 Å². The first kappa shape index (κ1) is 12.6. The molecule has 98 valence electrons. The number of carbonyl (C=O) groups excluding carboxylic acids is 1. The minimum atomic E-state index is -0.577. The molecule has 2 heterocycles. The van der Waals surface area contributed by atoms with Gasteiger partial charge in [0.05, 0.1) is 0 Å². The average molecular weight is 249 g/mol. The van der Waals surface area contributed by atoms with Crippen molar-refractivity contribution < 1.29 is 4.79 Å². The first-order valence-corrected chi connectivity index (χ1v) is 6.00. The van der Waals surface area contributed by atoms with Crippen LogP contribution >= 0.6 is 0 Å². The molecule has 6 heteroatoms. The highest BCUT2D eigenvalue weighted by Gasteiger charge is 2.41. The summed E-state index contributed by atoms with van der Waals surface area (Å²) in [5.74, 6) is 1.64. The van der Waals surface area contributed by atoms with Gasteiger partial charge in [-0.25, -0.2) is 9.97 Å². The number of rotatable bonds is 2. The van der Waals surface area contributed by atoms with Crippen LogP contribution in [0, 0.1) is 0 Å². The number of carbonyl (C=O) groups is 1. The molecule has 0 saturated carbocycles. The zero-order chi connectivity index (χ0) is 13.3. The van der Waals surface area contributed by atoms with Crippen LogP contribution in [0.3, 0.4) is 0 Å². The lowest BCUT2D eigenvalue weighted by atomic mass is 9.98. The van der Waals surface area contributed by atoms with Gasteiger partial charge in [0.25, 0.3) is 0 Å². The van der Waals surface area contributed by atoms with Crippen LogP contribution in [0.5, 0.6) is 0 Å². The highest BCUT2D eigenvalue weighted by atomic mass is 16.2. The second-order valence-corrected chi connectivity index (χ2v) is 4.95. The smallest absolute Gasteiger partial charge is 0.247 e. The topological polar surface area (TPSA) is 61.4 Å². The Kier molecular flexibility index (Phi) is 3.11. The first-order valence-electron chi connectivity index (χ1n) is 6.00. The lowest BCUT2D eigenvalue weighted by Crippen LogP contribution is -2.62. The SMILES string of the molecule is CNc1cc(N2CCN(C)C(=O)C2(C)C)ncn1. The van der Waals surface area contributed by atoms with Crippen LogP contribution in [0.4, 0.5) is 11.6 Å². The third-order valence-corrected chi connectivity index (χ3v) is 3.39. The molecule has 2 rings (SSSR count). The molecule has 1 aromatic heterocycles. The van der Waals surface area contributed by atoms with Gasteiger partial charge in [0.15, 0.2) is 0 Å². The highest BCUT2D eigenvalue weighted by molar-refractivity contribution is 5.90. The molecule has 0 unspecified atom stereocenters. The Bertz CT molecular complexity index is 460. The fourth-order valence-electron chi connectivity index (χ4n) is 2.25. The maximum absolute atomic E-state index is 12.2. The largest absolute Gasteiger partial charge is 0.373 e. The predicted molar refractivity (Wildman–Crippen MR) is 70.6 cm³/mol. The normalized spacial score (nSPS) is 19.0. The molecule has 1 N–H and O–H groups in total. The molecule has 18 heavy (non-hydrogen) atoms. The van der Waals surface area contributed by atoms with E-state index in [1.165, 1.54) is 6.33 Å². The Morgan fingerprint density at radius 1 is 1.33 bits per heavy atom. The summed E-state index contributed by atoms with van der Waals surface area (Å²) >= 11 is 0. The van der Waals surface area contributed by atoms with Crippen molar-refractivity contribution in [2.45, 2.75) is 19.4 Å². The average Bonchev–Trinajstić information content (AvgIpc) is 2.36. The highest BCUT2D eigenvalue weighted by Crippen LogP contribution is 2.27. The predicted octanol–water partition coefficient (Wildman–Crippen LogP) is 0.575. The van der Waals surface area contributed by atoms with E-state index in [1.807, 2.05) is 38.9 Å². The minimum absolute atomic E-state index is 0.110. The molecule has 0 radical (unpaired) electrons. The van der Waals surface area contributed by atoms with Crippen molar-refractivity contribution in [2.75, 3.05) is 37.4 Å². The Hall–Kier alpha value is -1.85. The minimum Gasteiger partial charge on any atom is -0.373 e. The van der Waals surface area contributed by atoms with E-state index in [2.05, 4.69) is 15.3 Å². The van der Waals surface area contributed by atoms with E-state index >= 15 is 0 Å². The molecule has 0 atom stereocenters. The summed E-state index contributed by atoms with van der Waals surface area (Å²) in [6, 6.07) is 1.86. The van der Waals surface area contributed by atoms with Crippen molar-refractivity contribution >= 4 is 17.5 Å². The second kappa shape index (κ2) is 4.44. The zero-order valence-electron chi connectivity index (χ0n) is 11.3.